The number of nitrogens with zero attached hydrogens (tertiary/aromatic N) is 3. The van der Waals surface area contributed by atoms with E-state index >= 15 is 0 Å². The van der Waals surface area contributed by atoms with Gasteiger partial charge < -0.3 is 9.13 Å². The lowest BCUT2D eigenvalue weighted by Crippen LogP contribution is -2.11. The maximum atomic E-state index is 14.2. The monoisotopic (exact) mass is 777 g/mol. The minimum atomic E-state index is -5.02. The maximum absolute atomic E-state index is 14.2. The van der Waals surface area contributed by atoms with E-state index in [2.05, 4.69) is 62.5 Å². The summed E-state index contributed by atoms with van der Waals surface area (Å²) in [4.78, 5) is 3.79. The van der Waals surface area contributed by atoms with Gasteiger partial charge >= 0.3 is 12.4 Å². The van der Waals surface area contributed by atoms with Gasteiger partial charge in [-0.2, -0.15) is 26.3 Å². The number of fused-ring (bicyclic) bond motifs is 6. The van der Waals surface area contributed by atoms with Gasteiger partial charge in [-0.05, 0) is 122 Å². The fourth-order valence-electron chi connectivity index (χ4n) is 8.25. The molecule has 0 fully saturated rings. The van der Waals surface area contributed by atoms with Gasteiger partial charge in [0.2, 0.25) is 0 Å². The normalized spacial score (nSPS) is 12.3. The van der Waals surface area contributed by atoms with Crippen LogP contribution in [0.2, 0.25) is 0 Å². The van der Waals surface area contributed by atoms with E-state index in [1.54, 1.807) is 30.3 Å². The van der Waals surface area contributed by atoms with E-state index in [1.165, 1.54) is 0 Å². The van der Waals surface area contributed by atoms with Crippen molar-refractivity contribution in [3.05, 3.63) is 172 Å². The number of rotatable bonds is 4. The Hall–Kier alpha value is -6.79. The minimum Gasteiger partial charge on any atom is -0.310 e. The summed E-state index contributed by atoms with van der Waals surface area (Å²) in [5.74, 6) is 0. The van der Waals surface area contributed by atoms with Gasteiger partial charge in [-0.25, -0.2) is 4.85 Å². The van der Waals surface area contributed by atoms with Crippen molar-refractivity contribution in [1.29, 1.82) is 0 Å². The zero-order chi connectivity index (χ0) is 40.8. The van der Waals surface area contributed by atoms with Crippen LogP contribution < -0.4 is 0 Å². The van der Waals surface area contributed by atoms with Crippen LogP contribution in [0.3, 0.4) is 0 Å². The number of hydrogen-bond acceptors (Lipinski definition) is 0. The fourth-order valence-corrected chi connectivity index (χ4v) is 8.25. The fraction of sp³-hybridized carbons (Fsp3) is 0.122. The topological polar surface area (TPSA) is 14.2 Å². The lowest BCUT2D eigenvalue weighted by Gasteiger charge is -2.21. The number of aromatic nitrogens is 2. The molecule has 0 radical (unpaired) electrons. The molecule has 9 rings (SSSR count). The molecule has 0 aliphatic carbocycles. The SMILES string of the molecule is [C-]#[N+]c1ccc(-c2cc(-c3cc(C(F)(F)F)cc(C(F)(F)F)c3)ccc2-n2c3cc(C)ccc3c3ccc(C)cc32)c(-n2c3cc(C)ccc3c3ccc(C)cc32)c1. The first-order chi connectivity index (χ1) is 27.6. The molecule has 0 spiro atoms. The highest BCUT2D eigenvalue weighted by Crippen LogP contribution is 2.45. The molecule has 0 N–H and O–H groups in total. The quantitative estimate of drug-likeness (QED) is 0.125. The lowest BCUT2D eigenvalue weighted by molar-refractivity contribution is -0.143. The van der Waals surface area contributed by atoms with Gasteiger partial charge in [0.15, 0.2) is 5.69 Å². The molecule has 0 atom stereocenters. The zero-order valence-electron chi connectivity index (χ0n) is 31.7. The van der Waals surface area contributed by atoms with Crippen molar-refractivity contribution in [3.8, 4) is 33.6 Å². The smallest absolute Gasteiger partial charge is 0.310 e. The summed E-state index contributed by atoms with van der Waals surface area (Å²) in [6.45, 7) is 16.0. The molecule has 0 saturated heterocycles. The summed E-state index contributed by atoms with van der Waals surface area (Å²) in [6.07, 6.45) is -10.0. The van der Waals surface area contributed by atoms with Crippen molar-refractivity contribution in [1.82, 2.24) is 9.13 Å². The molecule has 7 aromatic carbocycles. The third-order valence-electron chi connectivity index (χ3n) is 11.0. The summed E-state index contributed by atoms with van der Waals surface area (Å²) >= 11 is 0. The highest BCUT2D eigenvalue weighted by Gasteiger charge is 2.37. The Morgan fingerprint density at radius 3 is 1.26 bits per heavy atom. The molecule has 3 nitrogen and oxygen atoms in total. The van der Waals surface area contributed by atoms with Crippen LogP contribution in [0, 0.1) is 34.3 Å². The van der Waals surface area contributed by atoms with Crippen LogP contribution in [0.25, 0.3) is 82.1 Å². The average molecular weight is 778 g/mol. The Balaban J connectivity index is 1.44. The zero-order valence-corrected chi connectivity index (χ0v) is 31.7. The number of alkyl halides is 6. The Kier molecular flexibility index (Phi) is 8.34. The second kappa shape index (κ2) is 13.1. The van der Waals surface area contributed by atoms with Crippen LogP contribution >= 0.6 is 0 Å². The van der Waals surface area contributed by atoms with Crippen molar-refractivity contribution in [2.24, 2.45) is 0 Å². The van der Waals surface area contributed by atoms with E-state index in [9.17, 15) is 26.3 Å². The molecule has 0 aliphatic rings. The van der Waals surface area contributed by atoms with Crippen molar-refractivity contribution in [3.63, 3.8) is 0 Å². The van der Waals surface area contributed by atoms with Gasteiger partial charge in [0.05, 0.1) is 45.5 Å². The summed E-state index contributed by atoms with van der Waals surface area (Å²) in [7, 11) is 0. The highest BCUT2D eigenvalue weighted by atomic mass is 19.4. The van der Waals surface area contributed by atoms with Crippen LogP contribution in [0.4, 0.5) is 32.0 Å². The van der Waals surface area contributed by atoms with Gasteiger partial charge in [-0.3, -0.25) is 0 Å². The molecule has 286 valence electrons. The second-order valence-electron chi connectivity index (χ2n) is 15.1. The molecular formula is C49H33F6N3. The number of aryl methyl sites for hydroxylation is 4. The number of benzene rings is 7. The van der Waals surface area contributed by atoms with Gasteiger partial charge in [0, 0.05) is 38.4 Å². The molecule has 58 heavy (non-hydrogen) atoms. The molecule has 9 aromatic rings. The standard InChI is InChI=1S/C49H33F6N3/c1-27-6-12-36-37-13-7-28(2)19-44(37)57(43(36)18-27)42-17-10-31(32-22-33(48(50,51)52)25-34(23-32)49(53,54)55)24-41(42)40-16-11-35(56-5)26-47(40)58-45-20-29(3)8-14-38(45)39-15-9-30(4)21-46(39)58/h6-26H,1-4H3. The van der Waals surface area contributed by atoms with Gasteiger partial charge in [0.25, 0.3) is 0 Å². The summed E-state index contributed by atoms with van der Waals surface area (Å²) in [5.41, 5.74) is 7.57. The van der Waals surface area contributed by atoms with Crippen LogP contribution in [0.5, 0.6) is 0 Å². The molecule has 0 aliphatic heterocycles. The molecule has 2 aromatic heterocycles. The summed E-state index contributed by atoms with van der Waals surface area (Å²) < 4.78 is 89.4. The Morgan fingerprint density at radius 1 is 0.414 bits per heavy atom. The Labute approximate surface area is 329 Å². The summed E-state index contributed by atoms with van der Waals surface area (Å²) in [6, 6.07) is 36.8. The predicted molar refractivity (Wildman–Crippen MR) is 221 cm³/mol. The third-order valence-corrected chi connectivity index (χ3v) is 11.0. The average Bonchev–Trinajstić information content (AvgIpc) is 3.66. The maximum Gasteiger partial charge on any atom is 0.416 e. The molecule has 9 heteroatoms. The van der Waals surface area contributed by atoms with Gasteiger partial charge in [-0.15, -0.1) is 0 Å². The van der Waals surface area contributed by atoms with Gasteiger partial charge in [-0.1, -0.05) is 66.7 Å². The van der Waals surface area contributed by atoms with E-state index < -0.39 is 23.5 Å². The van der Waals surface area contributed by atoms with Crippen molar-refractivity contribution >= 4 is 49.3 Å². The molecule has 0 bridgehead atoms. The molecule has 0 saturated carbocycles. The van der Waals surface area contributed by atoms with E-state index in [4.69, 9.17) is 6.57 Å². The summed E-state index contributed by atoms with van der Waals surface area (Å²) in [5, 5.41) is 3.96. The van der Waals surface area contributed by atoms with Crippen molar-refractivity contribution < 1.29 is 26.3 Å². The molecule has 0 amide bonds. The second-order valence-corrected chi connectivity index (χ2v) is 15.1. The van der Waals surface area contributed by atoms with E-state index in [0.717, 1.165) is 78.0 Å². The molecular weight excluding hydrogens is 745 g/mol. The van der Waals surface area contributed by atoms with E-state index in [1.807, 2.05) is 58.0 Å². The Bertz CT molecular complexity index is 3060. The van der Waals surface area contributed by atoms with Crippen LogP contribution in [0.15, 0.2) is 127 Å². The van der Waals surface area contributed by atoms with Crippen LogP contribution in [0.1, 0.15) is 33.4 Å². The first kappa shape index (κ1) is 36.8. The Morgan fingerprint density at radius 2 is 0.845 bits per heavy atom. The van der Waals surface area contributed by atoms with Crippen molar-refractivity contribution in [2.75, 3.05) is 0 Å². The van der Waals surface area contributed by atoms with Crippen molar-refractivity contribution in [2.45, 2.75) is 40.0 Å². The minimum absolute atomic E-state index is 0.148. The number of hydrogen-bond donors (Lipinski definition) is 0. The predicted octanol–water partition coefficient (Wildman–Crippen LogP) is 15.0. The number of halogens is 6. The van der Waals surface area contributed by atoms with Gasteiger partial charge in [0.1, 0.15) is 0 Å². The largest absolute Gasteiger partial charge is 0.416 e. The highest BCUT2D eigenvalue weighted by molar-refractivity contribution is 6.12. The molecule has 0 unspecified atom stereocenters. The van der Waals surface area contributed by atoms with E-state index in [0.29, 0.717) is 28.2 Å². The lowest BCUT2D eigenvalue weighted by atomic mass is 9.93. The first-order valence-corrected chi connectivity index (χ1v) is 18.6. The molecule has 2 heterocycles. The van der Waals surface area contributed by atoms with E-state index in [-0.39, 0.29) is 17.2 Å². The van der Waals surface area contributed by atoms with Crippen LogP contribution in [-0.2, 0) is 12.4 Å². The first-order valence-electron chi connectivity index (χ1n) is 18.6. The third kappa shape index (κ3) is 6.08. The van der Waals surface area contributed by atoms with Crippen LogP contribution in [-0.4, -0.2) is 9.13 Å².